The molecular weight excluding hydrogens is 553 g/mol. The molecule has 2 aliphatic carbocycles. The first-order chi connectivity index (χ1) is 19.5. The number of allylic oxidation sites excluding steroid dienone is 1. The molecule has 222 valence electrons. The van der Waals surface area contributed by atoms with E-state index in [0.717, 1.165) is 12.0 Å². The van der Waals surface area contributed by atoms with Crippen molar-refractivity contribution < 1.29 is 32.3 Å². The van der Waals surface area contributed by atoms with Crippen LogP contribution < -0.4 is 15.4 Å². The maximum Gasteiger partial charge on any atom is 0.471 e. The van der Waals surface area contributed by atoms with Gasteiger partial charge < -0.3 is 20.3 Å². The van der Waals surface area contributed by atoms with Crippen LogP contribution in [0.2, 0.25) is 0 Å². The summed E-state index contributed by atoms with van der Waals surface area (Å²) in [4.78, 5) is 40.9. The third kappa shape index (κ3) is 3.63. The first-order valence-corrected chi connectivity index (χ1v) is 13.7. The number of halogens is 3. The fourth-order valence-corrected chi connectivity index (χ4v) is 7.59. The molecule has 10 nitrogen and oxygen atoms in total. The van der Waals surface area contributed by atoms with Crippen LogP contribution in [0.3, 0.4) is 0 Å². The van der Waals surface area contributed by atoms with Crippen LogP contribution in [0.15, 0.2) is 24.2 Å². The van der Waals surface area contributed by atoms with Crippen molar-refractivity contribution in [1.82, 2.24) is 25.1 Å². The van der Waals surface area contributed by atoms with E-state index in [1.165, 1.54) is 11.0 Å². The maximum atomic E-state index is 13.9. The molecule has 13 heteroatoms. The molecule has 0 bridgehead atoms. The van der Waals surface area contributed by atoms with Crippen molar-refractivity contribution in [3.8, 4) is 11.8 Å². The Bertz CT molecular complexity index is 1630. The number of nitrogens with one attached hydrogen (secondary N) is 2. The average Bonchev–Trinajstić information content (AvgIpc) is 3.32. The summed E-state index contributed by atoms with van der Waals surface area (Å²) >= 11 is 0. The number of fused-ring (bicyclic) bond motifs is 3. The van der Waals surface area contributed by atoms with Crippen LogP contribution in [-0.4, -0.2) is 63.6 Å². The van der Waals surface area contributed by atoms with Crippen molar-refractivity contribution in [2.24, 2.45) is 21.7 Å². The Hall–Kier alpha value is -4.08. The number of carbonyl (C=O) groups is 3. The zero-order valence-electron chi connectivity index (χ0n) is 23.8. The standard InChI is InChI=1S/C29H31F3N6O4/c1-25(2,3)20(36-24(41)29(30,31)32)23(40)37-14-27-13-28(27,26(27,4)5)21(37)22(39)35-17(11-33)10-16-12-34-38-8-6-15-7-9-42-19(15)18(16)38/h6,8,10,12,20-21H,7,9,13-14H2,1-5H3,(H,35,39)(H,36,41)/b17-10+/t20-,21-,27?,28?/m1/s1. The van der Waals surface area contributed by atoms with E-state index in [1.54, 1.807) is 37.7 Å². The zero-order valence-corrected chi connectivity index (χ0v) is 23.8. The molecule has 2 N–H and O–H groups in total. The van der Waals surface area contributed by atoms with Crippen LogP contribution in [0.25, 0.3) is 11.6 Å². The summed E-state index contributed by atoms with van der Waals surface area (Å²) in [5.41, 5.74) is -0.123. The molecule has 0 spiro atoms. The van der Waals surface area contributed by atoms with Crippen LogP contribution in [0.4, 0.5) is 13.2 Å². The molecule has 42 heavy (non-hydrogen) atoms. The monoisotopic (exact) mass is 584 g/mol. The van der Waals surface area contributed by atoms with E-state index < -0.39 is 46.8 Å². The van der Waals surface area contributed by atoms with Crippen LogP contribution in [0.5, 0.6) is 5.75 Å². The van der Waals surface area contributed by atoms with Crippen molar-refractivity contribution in [2.75, 3.05) is 13.2 Å². The molecular formula is C29H31F3N6O4. The fourth-order valence-electron chi connectivity index (χ4n) is 7.59. The lowest BCUT2D eigenvalue weighted by Gasteiger charge is -2.42. The highest BCUT2D eigenvalue weighted by molar-refractivity contribution is 5.97. The molecule has 2 aromatic heterocycles. The number of rotatable bonds is 5. The van der Waals surface area contributed by atoms with E-state index in [4.69, 9.17) is 4.74 Å². The Kier molecular flexibility index (Phi) is 5.67. The molecule has 6 rings (SSSR count). The summed E-state index contributed by atoms with van der Waals surface area (Å²) in [7, 11) is 0. The number of nitriles is 1. The maximum absolute atomic E-state index is 13.9. The number of alkyl halides is 3. The Morgan fingerprint density at radius 1 is 1.26 bits per heavy atom. The Morgan fingerprint density at radius 2 is 1.98 bits per heavy atom. The van der Waals surface area contributed by atoms with Crippen LogP contribution in [-0.2, 0) is 20.8 Å². The van der Waals surface area contributed by atoms with Crippen LogP contribution in [0.1, 0.15) is 52.2 Å². The van der Waals surface area contributed by atoms with Gasteiger partial charge in [0.25, 0.3) is 0 Å². The predicted octanol–water partition coefficient (Wildman–Crippen LogP) is 2.97. The lowest BCUT2D eigenvalue weighted by molar-refractivity contribution is -0.176. The first kappa shape index (κ1) is 28.1. The summed E-state index contributed by atoms with van der Waals surface area (Å²) in [6.07, 6.45) is 1.08. The van der Waals surface area contributed by atoms with Gasteiger partial charge >= 0.3 is 12.1 Å². The number of ether oxygens (including phenoxy) is 1. The van der Waals surface area contributed by atoms with Crippen LogP contribution in [0, 0.1) is 33.0 Å². The number of amides is 3. The second-order valence-electron chi connectivity index (χ2n) is 13.3. The molecule has 1 saturated heterocycles. The van der Waals surface area contributed by atoms with Gasteiger partial charge in [0.05, 0.1) is 12.8 Å². The molecule has 3 amide bonds. The summed E-state index contributed by atoms with van der Waals surface area (Å²) in [5, 5.41) is 18.8. The topological polar surface area (TPSA) is 129 Å². The third-order valence-corrected chi connectivity index (χ3v) is 10.00. The van der Waals surface area contributed by atoms with E-state index in [-0.39, 0.29) is 23.1 Å². The quantitative estimate of drug-likeness (QED) is 0.520. The van der Waals surface area contributed by atoms with E-state index in [9.17, 15) is 32.8 Å². The van der Waals surface area contributed by atoms with Crippen molar-refractivity contribution in [2.45, 2.75) is 65.7 Å². The molecule has 0 radical (unpaired) electrons. The largest absolute Gasteiger partial charge is 0.491 e. The second kappa shape index (κ2) is 8.49. The molecule has 4 aliphatic rings. The number of pyridine rings is 1. The molecule has 2 aliphatic heterocycles. The molecule has 2 aromatic rings. The van der Waals surface area contributed by atoms with E-state index in [0.29, 0.717) is 29.9 Å². The molecule has 0 aromatic carbocycles. The summed E-state index contributed by atoms with van der Waals surface area (Å²) in [5.74, 6) is -2.93. The Balaban J connectivity index is 1.31. The highest BCUT2D eigenvalue weighted by Gasteiger charge is 3.02. The van der Waals surface area contributed by atoms with Gasteiger partial charge in [-0.15, -0.1) is 0 Å². The van der Waals surface area contributed by atoms with Gasteiger partial charge in [-0.1, -0.05) is 34.6 Å². The lowest BCUT2D eigenvalue weighted by Crippen LogP contribution is -2.62. The van der Waals surface area contributed by atoms with Crippen LogP contribution >= 0.6 is 0 Å². The van der Waals surface area contributed by atoms with Crippen molar-refractivity contribution in [1.29, 1.82) is 5.26 Å². The summed E-state index contributed by atoms with van der Waals surface area (Å²) < 4.78 is 46.8. The number of nitrogens with zero attached hydrogens (tertiary/aromatic N) is 4. The van der Waals surface area contributed by atoms with Gasteiger partial charge in [0.1, 0.15) is 35.1 Å². The number of piperidine rings is 2. The van der Waals surface area contributed by atoms with Gasteiger partial charge in [-0.25, -0.2) is 4.52 Å². The third-order valence-electron chi connectivity index (χ3n) is 10.00. The Labute approximate surface area is 239 Å². The van der Waals surface area contributed by atoms with E-state index in [1.807, 2.05) is 31.3 Å². The van der Waals surface area contributed by atoms with Crippen molar-refractivity contribution >= 4 is 29.3 Å². The van der Waals surface area contributed by atoms with Gasteiger partial charge in [0, 0.05) is 41.1 Å². The van der Waals surface area contributed by atoms with Crippen molar-refractivity contribution in [3.05, 3.63) is 35.3 Å². The van der Waals surface area contributed by atoms with Gasteiger partial charge in [0.2, 0.25) is 11.8 Å². The normalized spacial score (nSPS) is 27.7. The number of hydrogen-bond acceptors (Lipinski definition) is 6. The first-order valence-electron chi connectivity index (χ1n) is 13.7. The molecule has 4 heterocycles. The highest BCUT2D eigenvalue weighted by atomic mass is 19.4. The number of carbonyl (C=O) groups excluding carboxylic acids is 3. The fraction of sp³-hybridized carbons (Fsp3) is 0.552. The Morgan fingerprint density at radius 3 is 2.60 bits per heavy atom. The molecule has 4 atom stereocenters. The predicted molar refractivity (Wildman–Crippen MR) is 142 cm³/mol. The molecule has 2 saturated carbocycles. The second-order valence-corrected chi connectivity index (χ2v) is 13.3. The smallest absolute Gasteiger partial charge is 0.471 e. The lowest BCUT2D eigenvalue weighted by atomic mass is 9.79. The number of likely N-dealkylation sites (tertiary alicyclic amines) is 1. The minimum absolute atomic E-state index is 0.0800. The summed E-state index contributed by atoms with van der Waals surface area (Å²) in [6.45, 7) is 9.35. The minimum atomic E-state index is -5.18. The minimum Gasteiger partial charge on any atom is -0.491 e. The highest BCUT2D eigenvalue weighted by Crippen LogP contribution is 3.00. The van der Waals surface area contributed by atoms with Gasteiger partial charge in [-0.2, -0.15) is 23.5 Å². The summed E-state index contributed by atoms with van der Waals surface area (Å²) in [6, 6.07) is 1.36. The van der Waals surface area contributed by atoms with Gasteiger partial charge in [-0.3, -0.25) is 14.4 Å². The molecule has 3 fully saturated rings. The van der Waals surface area contributed by atoms with Crippen molar-refractivity contribution in [3.63, 3.8) is 0 Å². The van der Waals surface area contributed by atoms with Gasteiger partial charge in [0.15, 0.2) is 0 Å². The molecule has 2 unspecified atom stereocenters. The number of aromatic nitrogens is 2. The van der Waals surface area contributed by atoms with Gasteiger partial charge in [-0.05, 0) is 29.4 Å². The van der Waals surface area contributed by atoms with E-state index >= 15 is 0 Å². The zero-order chi connectivity index (χ0) is 30.6. The SMILES string of the molecule is CC(C)(C)[C@H](NC(=O)C(F)(F)F)C(=O)N1CC23CC2([C@H]1C(=O)N/C(C#N)=C/c1cnn2ccc4c(c12)OCC4)C3(C)C. The average molecular weight is 585 g/mol. The van der Waals surface area contributed by atoms with E-state index in [2.05, 4.69) is 10.4 Å². The number of hydrogen-bond donors (Lipinski definition) is 2.